The molecule has 35 heavy (non-hydrogen) atoms. The molecule has 0 unspecified atom stereocenters. The molecule has 184 valence electrons. The summed E-state index contributed by atoms with van der Waals surface area (Å²) in [5, 5.41) is 15.0. The van der Waals surface area contributed by atoms with Gasteiger partial charge in [0.2, 0.25) is 5.91 Å². The molecule has 5 rings (SSSR count). The van der Waals surface area contributed by atoms with Gasteiger partial charge in [-0.05, 0) is 66.7 Å². The minimum absolute atomic E-state index is 0.00472. The van der Waals surface area contributed by atoms with Crippen molar-refractivity contribution in [3.8, 4) is 11.1 Å². The lowest BCUT2D eigenvalue weighted by molar-refractivity contribution is -0.138. The summed E-state index contributed by atoms with van der Waals surface area (Å²) < 4.78 is 5.70. The van der Waals surface area contributed by atoms with Gasteiger partial charge in [0, 0.05) is 24.8 Å². The number of rotatable bonds is 8. The van der Waals surface area contributed by atoms with E-state index in [1.165, 1.54) is 11.1 Å². The number of aliphatic carboxylic acids is 1. The fourth-order valence-corrected chi connectivity index (χ4v) is 6.02. The number of fused-ring (bicyclic) bond motifs is 3. The molecular weight excluding hydrogens is 444 g/mol. The first kappa shape index (κ1) is 23.4. The van der Waals surface area contributed by atoms with Crippen LogP contribution >= 0.6 is 0 Å². The smallest absolute Gasteiger partial charge is 0.407 e. The van der Waals surface area contributed by atoms with Crippen molar-refractivity contribution in [3.63, 3.8) is 0 Å². The number of benzene rings is 2. The van der Waals surface area contributed by atoms with Gasteiger partial charge in [0.15, 0.2) is 0 Å². The average molecular weight is 477 g/mol. The first-order chi connectivity index (χ1) is 16.9. The van der Waals surface area contributed by atoms with Crippen LogP contribution in [0.4, 0.5) is 4.79 Å². The van der Waals surface area contributed by atoms with Crippen molar-refractivity contribution in [1.29, 1.82) is 0 Å². The minimum atomic E-state index is -0.789. The maximum Gasteiger partial charge on any atom is 0.407 e. The summed E-state index contributed by atoms with van der Waals surface area (Å²) in [6.45, 7) is 0.245. The number of carbonyl (C=O) groups excluding carboxylic acids is 2. The van der Waals surface area contributed by atoms with Crippen molar-refractivity contribution in [1.82, 2.24) is 10.6 Å². The molecule has 0 saturated heterocycles. The molecule has 3 N–H and O–H groups in total. The second-order valence-electron chi connectivity index (χ2n) is 10.3. The molecule has 2 amide bonds. The monoisotopic (exact) mass is 476 g/mol. The molecule has 0 spiro atoms. The molecule has 7 nitrogen and oxygen atoms in total. The van der Waals surface area contributed by atoms with Gasteiger partial charge >= 0.3 is 12.1 Å². The highest BCUT2D eigenvalue weighted by atomic mass is 16.5. The molecule has 0 bridgehead atoms. The van der Waals surface area contributed by atoms with Gasteiger partial charge < -0.3 is 20.5 Å². The van der Waals surface area contributed by atoms with Crippen LogP contribution in [-0.4, -0.2) is 41.3 Å². The van der Waals surface area contributed by atoms with Gasteiger partial charge in [-0.15, -0.1) is 0 Å². The van der Waals surface area contributed by atoms with E-state index in [-0.39, 0.29) is 43.2 Å². The molecule has 0 aliphatic heterocycles. The lowest BCUT2D eigenvalue weighted by Gasteiger charge is -2.41. The molecule has 3 aliphatic rings. The third kappa shape index (κ3) is 5.04. The molecule has 0 aromatic heterocycles. The van der Waals surface area contributed by atoms with Crippen LogP contribution in [0.15, 0.2) is 48.5 Å². The highest BCUT2D eigenvalue weighted by molar-refractivity contribution is 5.80. The van der Waals surface area contributed by atoms with Gasteiger partial charge in [-0.25, -0.2) is 4.79 Å². The summed E-state index contributed by atoms with van der Waals surface area (Å²) >= 11 is 0. The van der Waals surface area contributed by atoms with E-state index in [2.05, 4.69) is 34.9 Å². The molecule has 2 atom stereocenters. The Bertz CT molecular complexity index is 1080. The number of amides is 2. The number of nitrogens with one attached hydrogen (secondary N) is 2. The van der Waals surface area contributed by atoms with Crippen molar-refractivity contribution in [2.24, 2.45) is 5.92 Å². The predicted molar refractivity (Wildman–Crippen MR) is 131 cm³/mol. The standard InChI is InChI=1S/C28H32N2O5/c31-25(29-19-11-10-18(14-19)15-26(32)33)16-28(12-5-13-28)30-27(34)35-17-24-22-8-3-1-6-20(22)21-7-2-4-9-23(21)24/h1-4,6-9,18-19,24H,5,10-17H2,(H,29,31)(H,30,34)(H,32,33)/t18-,19+/m0/s1. The molecular formula is C28H32N2O5. The SMILES string of the molecule is O=C(O)C[C@H]1CC[C@@H](NC(=O)CC2(NC(=O)OCC3c4ccccc4-c4ccccc43)CCC2)C1. The first-order valence-electron chi connectivity index (χ1n) is 12.6. The minimum Gasteiger partial charge on any atom is -0.481 e. The first-order valence-corrected chi connectivity index (χ1v) is 12.6. The van der Waals surface area contributed by atoms with E-state index in [9.17, 15) is 14.4 Å². The molecule has 2 fully saturated rings. The fraction of sp³-hybridized carbons (Fsp3) is 0.464. The molecule has 2 saturated carbocycles. The average Bonchev–Trinajstić information content (AvgIpc) is 3.37. The van der Waals surface area contributed by atoms with Crippen LogP contribution in [0.3, 0.4) is 0 Å². The van der Waals surface area contributed by atoms with E-state index >= 15 is 0 Å². The molecule has 3 aliphatic carbocycles. The second kappa shape index (κ2) is 9.72. The fourth-order valence-electron chi connectivity index (χ4n) is 6.02. The Balaban J connectivity index is 1.15. The Kier molecular flexibility index (Phi) is 6.50. The third-order valence-electron chi connectivity index (χ3n) is 7.89. The lowest BCUT2D eigenvalue weighted by Crippen LogP contribution is -2.56. The van der Waals surface area contributed by atoms with Crippen LogP contribution in [0.5, 0.6) is 0 Å². The highest BCUT2D eigenvalue weighted by Crippen LogP contribution is 2.44. The van der Waals surface area contributed by atoms with Crippen molar-refractivity contribution in [3.05, 3.63) is 59.7 Å². The van der Waals surface area contributed by atoms with E-state index in [0.29, 0.717) is 6.42 Å². The quantitative estimate of drug-likeness (QED) is 0.517. The zero-order valence-corrected chi connectivity index (χ0v) is 19.8. The largest absolute Gasteiger partial charge is 0.481 e. The maximum absolute atomic E-state index is 12.8. The zero-order valence-electron chi connectivity index (χ0n) is 19.8. The van der Waals surface area contributed by atoms with Crippen molar-refractivity contribution in [2.45, 2.75) is 68.9 Å². The number of hydrogen-bond donors (Lipinski definition) is 3. The van der Waals surface area contributed by atoms with Gasteiger partial charge in [-0.3, -0.25) is 9.59 Å². The Hall–Kier alpha value is -3.35. The topological polar surface area (TPSA) is 105 Å². The summed E-state index contributed by atoms with van der Waals surface area (Å²) in [4.78, 5) is 36.5. The molecule has 7 heteroatoms. The predicted octanol–water partition coefficient (Wildman–Crippen LogP) is 4.60. The van der Waals surface area contributed by atoms with Crippen molar-refractivity contribution in [2.75, 3.05) is 6.61 Å². The van der Waals surface area contributed by atoms with E-state index in [1.807, 2.05) is 24.3 Å². The van der Waals surface area contributed by atoms with Crippen LogP contribution in [-0.2, 0) is 14.3 Å². The Morgan fingerprint density at radius 3 is 2.23 bits per heavy atom. The zero-order chi connectivity index (χ0) is 24.4. The van der Waals surface area contributed by atoms with Crippen molar-refractivity contribution < 1.29 is 24.2 Å². The third-order valence-corrected chi connectivity index (χ3v) is 7.89. The Morgan fingerprint density at radius 2 is 1.63 bits per heavy atom. The summed E-state index contributed by atoms with van der Waals surface area (Å²) in [6.07, 6.45) is 4.66. The van der Waals surface area contributed by atoms with E-state index < -0.39 is 17.6 Å². The number of carbonyl (C=O) groups is 3. The van der Waals surface area contributed by atoms with Gasteiger partial charge in [-0.2, -0.15) is 0 Å². The summed E-state index contributed by atoms with van der Waals surface area (Å²) in [5.41, 5.74) is 4.13. The molecule has 2 aromatic rings. The second-order valence-corrected chi connectivity index (χ2v) is 10.3. The number of hydrogen-bond acceptors (Lipinski definition) is 4. The van der Waals surface area contributed by atoms with E-state index in [1.54, 1.807) is 0 Å². The molecule has 0 radical (unpaired) electrons. The number of carboxylic acids is 1. The maximum atomic E-state index is 12.8. The van der Waals surface area contributed by atoms with Crippen LogP contribution in [0.25, 0.3) is 11.1 Å². The Morgan fingerprint density at radius 1 is 0.971 bits per heavy atom. The van der Waals surface area contributed by atoms with Gasteiger partial charge in [0.25, 0.3) is 0 Å². The lowest BCUT2D eigenvalue weighted by atomic mass is 9.74. The van der Waals surface area contributed by atoms with Crippen LogP contribution in [0.1, 0.15) is 68.4 Å². The normalized spacial score (nSPS) is 21.9. The molecule has 2 aromatic carbocycles. The number of ether oxygens (including phenoxy) is 1. The van der Waals surface area contributed by atoms with E-state index in [0.717, 1.165) is 43.2 Å². The summed E-state index contributed by atoms with van der Waals surface area (Å²) in [6, 6.07) is 16.4. The van der Waals surface area contributed by atoms with Gasteiger partial charge in [-0.1, -0.05) is 48.5 Å². The van der Waals surface area contributed by atoms with Crippen molar-refractivity contribution >= 4 is 18.0 Å². The summed E-state index contributed by atoms with van der Waals surface area (Å²) in [5.74, 6) is -0.767. The number of carboxylic acid groups (broad SMARTS) is 1. The van der Waals surface area contributed by atoms with Crippen LogP contribution in [0, 0.1) is 5.92 Å². The van der Waals surface area contributed by atoms with Crippen LogP contribution < -0.4 is 10.6 Å². The van der Waals surface area contributed by atoms with Crippen LogP contribution in [0.2, 0.25) is 0 Å². The van der Waals surface area contributed by atoms with Gasteiger partial charge in [0.05, 0.1) is 5.54 Å². The summed E-state index contributed by atoms with van der Waals surface area (Å²) in [7, 11) is 0. The van der Waals surface area contributed by atoms with E-state index in [4.69, 9.17) is 9.84 Å². The highest BCUT2D eigenvalue weighted by Gasteiger charge is 2.41. The Labute approximate surface area is 205 Å². The van der Waals surface area contributed by atoms with Gasteiger partial charge in [0.1, 0.15) is 6.61 Å². The molecule has 0 heterocycles. The number of alkyl carbamates (subject to hydrolysis) is 1.